The number of ether oxygens (including phenoxy) is 1. The van der Waals surface area contributed by atoms with Crippen LogP contribution in [0.3, 0.4) is 0 Å². The maximum absolute atomic E-state index is 12.4. The van der Waals surface area contributed by atoms with Crippen molar-refractivity contribution in [2.24, 2.45) is 10.9 Å². The molecular formula is C20H25N3O3. The average Bonchev–Trinajstić information content (AvgIpc) is 2.62. The Hall–Kier alpha value is -3.02. The molecule has 6 nitrogen and oxygen atoms in total. The third kappa shape index (κ3) is 4.75. The van der Waals surface area contributed by atoms with Gasteiger partial charge in [0.1, 0.15) is 5.75 Å². The second-order valence-corrected chi connectivity index (χ2v) is 6.22. The maximum Gasteiger partial charge on any atom is 0.268 e. The standard InChI is InChI=1S/C20H25N3O3/c1-12-10-13(2)18(14(3)11-12)22-20(24)15(4)26-23-19(21)16-6-8-17(25-5)9-7-16/h6-11,15H,1-5H3,(H2,21,23)(H,22,24). The van der Waals surface area contributed by atoms with Gasteiger partial charge < -0.3 is 20.6 Å². The summed E-state index contributed by atoms with van der Waals surface area (Å²) < 4.78 is 5.10. The number of hydrogen-bond acceptors (Lipinski definition) is 4. The number of anilines is 1. The Morgan fingerprint density at radius 3 is 2.23 bits per heavy atom. The fourth-order valence-electron chi connectivity index (χ4n) is 2.60. The Labute approximate surface area is 154 Å². The summed E-state index contributed by atoms with van der Waals surface area (Å²) in [6.07, 6.45) is -0.785. The first-order chi connectivity index (χ1) is 12.3. The number of amidine groups is 1. The van der Waals surface area contributed by atoms with Crippen molar-refractivity contribution in [3.63, 3.8) is 0 Å². The van der Waals surface area contributed by atoms with Crippen LogP contribution in [0.25, 0.3) is 0 Å². The number of oxime groups is 1. The molecule has 0 fully saturated rings. The number of hydrogen-bond donors (Lipinski definition) is 2. The molecule has 3 N–H and O–H groups in total. The largest absolute Gasteiger partial charge is 0.497 e. The molecule has 1 unspecified atom stereocenters. The molecule has 0 saturated carbocycles. The predicted octanol–water partition coefficient (Wildman–Crippen LogP) is 3.28. The lowest BCUT2D eigenvalue weighted by Gasteiger charge is -2.15. The first kappa shape index (κ1) is 19.3. The van der Waals surface area contributed by atoms with Crippen LogP contribution in [0.1, 0.15) is 29.2 Å². The summed E-state index contributed by atoms with van der Waals surface area (Å²) >= 11 is 0. The molecule has 1 amide bonds. The summed E-state index contributed by atoms with van der Waals surface area (Å²) in [7, 11) is 1.59. The van der Waals surface area contributed by atoms with Crippen LogP contribution in [0, 0.1) is 20.8 Å². The van der Waals surface area contributed by atoms with Crippen LogP contribution in [0.5, 0.6) is 5.75 Å². The highest BCUT2D eigenvalue weighted by molar-refractivity contribution is 5.98. The van der Waals surface area contributed by atoms with Crippen molar-refractivity contribution in [2.45, 2.75) is 33.8 Å². The number of rotatable bonds is 6. The Morgan fingerprint density at radius 1 is 1.12 bits per heavy atom. The molecule has 0 bridgehead atoms. The summed E-state index contributed by atoms with van der Waals surface area (Å²) in [5.74, 6) is 0.625. The zero-order valence-electron chi connectivity index (χ0n) is 15.8. The summed E-state index contributed by atoms with van der Waals surface area (Å²) in [6, 6.07) is 11.1. The van der Waals surface area contributed by atoms with Crippen LogP contribution < -0.4 is 15.8 Å². The topological polar surface area (TPSA) is 85.9 Å². The average molecular weight is 355 g/mol. The zero-order valence-corrected chi connectivity index (χ0v) is 15.8. The molecule has 138 valence electrons. The van der Waals surface area contributed by atoms with Gasteiger partial charge in [-0.05, 0) is 63.1 Å². The Kier molecular flexibility index (Phi) is 6.22. The van der Waals surface area contributed by atoms with Crippen molar-refractivity contribution in [2.75, 3.05) is 12.4 Å². The summed E-state index contributed by atoms with van der Waals surface area (Å²) in [6.45, 7) is 7.56. The number of carbonyl (C=O) groups excluding carboxylic acids is 1. The smallest absolute Gasteiger partial charge is 0.268 e. The summed E-state index contributed by atoms with van der Waals surface area (Å²) in [5, 5.41) is 6.76. The molecule has 0 aromatic heterocycles. The van der Waals surface area contributed by atoms with Crippen molar-refractivity contribution in [1.29, 1.82) is 0 Å². The van der Waals surface area contributed by atoms with Crippen LogP contribution in [0.4, 0.5) is 5.69 Å². The van der Waals surface area contributed by atoms with Crippen LogP contribution in [-0.4, -0.2) is 25.0 Å². The maximum atomic E-state index is 12.4. The number of aryl methyl sites for hydroxylation is 3. The van der Waals surface area contributed by atoms with Gasteiger partial charge in [-0.25, -0.2) is 0 Å². The van der Waals surface area contributed by atoms with E-state index in [1.807, 2.05) is 32.9 Å². The third-order valence-electron chi connectivity index (χ3n) is 3.99. The highest BCUT2D eigenvalue weighted by Gasteiger charge is 2.17. The van der Waals surface area contributed by atoms with Crippen molar-refractivity contribution in [1.82, 2.24) is 0 Å². The number of benzene rings is 2. The van der Waals surface area contributed by atoms with E-state index in [0.717, 1.165) is 28.1 Å². The normalized spacial score (nSPS) is 12.4. The number of nitrogens with one attached hydrogen (secondary N) is 1. The van der Waals surface area contributed by atoms with Gasteiger partial charge in [-0.3, -0.25) is 4.79 Å². The van der Waals surface area contributed by atoms with Crippen LogP contribution in [0.15, 0.2) is 41.6 Å². The van der Waals surface area contributed by atoms with Crippen molar-refractivity contribution >= 4 is 17.4 Å². The van der Waals surface area contributed by atoms with E-state index in [4.69, 9.17) is 15.3 Å². The molecule has 2 aromatic carbocycles. The van der Waals surface area contributed by atoms with Crippen LogP contribution in [0.2, 0.25) is 0 Å². The molecule has 0 aliphatic heterocycles. The van der Waals surface area contributed by atoms with Crippen molar-refractivity contribution < 1.29 is 14.4 Å². The van der Waals surface area contributed by atoms with Crippen molar-refractivity contribution in [3.8, 4) is 5.75 Å². The fourth-order valence-corrected chi connectivity index (χ4v) is 2.60. The zero-order chi connectivity index (χ0) is 19.3. The number of methoxy groups -OCH3 is 1. The first-order valence-corrected chi connectivity index (χ1v) is 8.34. The molecule has 2 aromatic rings. The third-order valence-corrected chi connectivity index (χ3v) is 3.99. The highest BCUT2D eigenvalue weighted by Crippen LogP contribution is 2.22. The van der Waals surface area contributed by atoms with Gasteiger partial charge in [-0.2, -0.15) is 0 Å². The van der Waals surface area contributed by atoms with E-state index < -0.39 is 6.10 Å². The molecule has 26 heavy (non-hydrogen) atoms. The highest BCUT2D eigenvalue weighted by atomic mass is 16.6. The fraction of sp³-hybridized carbons (Fsp3) is 0.300. The molecule has 0 radical (unpaired) electrons. The van der Waals surface area contributed by atoms with Crippen LogP contribution >= 0.6 is 0 Å². The van der Waals surface area contributed by atoms with E-state index in [9.17, 15) is 4.79 Å². The number of carbonyl (C=O) groups is 1. The quantitative estimate of drug-likeness (QED) is 0.473. The van der Waals surface area contributed by atoms with Gasteiger partial charge in [0.15, 0.2) is 5.84 Å². The molecule has 2 rings (SSSR count). The first-order valence-electron chi connectivity index (χ1n) is 8.34. The minimum atomic E-state index is -0.785. The van der Waals surface area contributed by atoms with Crippen LogP contribution in [-0.2, 0) is 9.63 Å². The van der Waals surface area contributed by atoms with Crippen molar-refractivity contribution in [3.05, 3.63) is 58.7 Å². The van der Waals surface area contributed by atoms with Gasteiger partial charge in [0, 0.05) is 11.3 Å². The lowest BCUT2D eigenvalue weighted by molar-refractivity contribution is -0.126. The molecule has 1 atom stereocenters. The van der Waals surface area contributed by atoms with Gasteiger partial charge in [0.25, 0.3) is 5.91 Å². The van der Waals surface area contributed by atoms with Gasteiger partial charge >= 0.3 is 0 Å². The number of nitrogens with zero attached hydrogens (tertiary/aromatic N) is 1. The molecule has 0 spiro atoms. The second-order valence-electron chi connectivity index (χ2n) is 6.22. The van der Waals surface area contributed by atoms with E-state index in [2.05, 4.69) is 10.5 Å². The molecule has 0 aliphatic carbocycles. The minimum absolute atomic E-state index is 0.190. The SMILES string of the molecule is COc1ccc(/C(N)=N/OC(C)C(=O)Nc2c(C)cc(C)cc2C)cc1. The van der Waals surface area contributed by atoms with E-state index in [1.165, 1.54) is 0 Å². The monoisotopic (exact) mass is 355 g/mol. The Bertz CT molecular complexity index is 791. The molecule has 6 heteroatoms. The minimum Gasteiger partial charge on any atom is -0.497 e. The van der Waals surface area contributed by atoms with E-state index >= 15 is 0 Å². The Balaban J connectivity index is 2.02. The lowest BCUT2D eigenvalue weighted by atomic mass is 10.0. The van der Waals surface area contributed by atoms with E-state index in [0.29, 0.717) is 5.56 Å². The molecule has 0 saturated heterocycles. The van der Waals surface area contributed by atoms with E-state index in [1.54, 1.807) is 38.3 Å². The number of amides is 1. The lowest BCUT2D eigenvalue weighted by Crippen LogP contribution is -2.28. The van der Waals surface area contributed by atoms with Gasteiger partial charge in [-0.1, -0.05) is 22.9 Å². The van der Waals surface area contributed by atoms with Gasteiger partial charge in [-0.15, -0.1) is 0 Å². The molecule has 0 aliphatic rings. The van der Waals surface area contributed by atoms with Gasteiger partial charge in [0.2, 0.25) is 6.10 Å². The summed E-state index contributed by atoms with van der Waals surface area (Å²) in [4.78, 5) is 17.6. The predicted molar refractivity (Wildman–Crippen MR) is 104 cm³/mol. The molecule has 0 heterocycles. The Morgan fingerprint density at radius 2 is 1.69 bits per heavy atom. The number of nitrogens with two attached hydrogens (primary N) is 1. The van der Waals surface area contributed by atoms with E-state index in [-0.39, 0.29) is 11.7 Å². The van der Waals surface area contributed by atoms with Gasteiger partial charge in [0.05, 0.1) is 7.11 Å². The summed E-state index contributed by atoms with van der Waals surface area (Å²) in [5.41, 5.74) is 10.5. The molecular weight excluding hydrogens is 330 g/mol. The second kappa shape index (κ2) is 8.38.